The highest BCUT2D eigenvalue weighted by Crippen LogP contribution is 2.47. The average molecular weight is 392 g/mol. The lowest BCUT2D eigenvalue weighted by molar-refractivity contribution is 0.0109. The van der Waals surface area contributed by atoms with Crippen LogP contribution in [-0.2, 0) is 6.54 Å². The topological polar surface area (TPSA) is 80.3 Å². The molecule has 1 spiro atoms. The van der Waals surface area contributed by atoms with Gasteiger partial charge in [0.05, 0.1) is 6.04 Å². The van der Waals surface area contributed by atoms with E-state index in [9.17, 15) is 4.79 Å². The number of aromatic nitrogens is 4. The van der Waals surface area contributed by atoms with E-state index in [0.717, 1.165) is 38.2 Å². The van der Waals surface area contributed by atoms with Crippen LogP contribution in [0.3, 0.4) is 0 Å². The van der Waals surface area contributed by atoms with Gasteiger partial charge in [-0.15, -0.1) is 10.2 Å². The summed E-state index contributed by atoms with van der Waals surface area (Å²) >= 11 is 0. The zero-order valence-corrected chi connectivity index (χ0v) is 16.7. The van der Waals surface area contributed by atoms with Crippen LogP contribution in [0.25, 0.3) is 11.5 Å². The molecule has 0 radical (unpaired) electrons. The summed E-state index contributed by atoms with van der Waals surface area (Å²) in [6.45, 7) is 5.17. The highest BCUT2D eigenvalue weighted by molar-refractivity contribution is 5.92. The molecule has 1 aromatic carbocycles. The molecular weight excluding hydrogens is 368 g/mol. The second kappa shape index (κ2) is 6.81. The molecule has 2 aliphatic rings. The fourth-order valence-electron chi connectivity index (χ4n) is 4.56. The summed E-state index contributed by atoms with van der Waals surface area (Å²) in [5.41, 5.74) is 1.53. The van der Waals surface area contributed by atoms with Crippen LogP contribution in [-0.4, -0.2) is 62.4 Å². The van der Waals surface area contributed by atoms with E-state index < -0.39 is 0 Å². The maximum absolute atomic E-state index is 12.7. The van der Waals surface area contributed by atoms with Crippen molar-refractivity contribution >= 4 is 5.91 Å². The van der Waals surface area contributed by atoms with Crippen molar-refractivity contribution in [3.63, 3.8) is 0 Å². The van der Waals surface area contributed by atoms with Crippen LogP contribution in [0.5, 0.6) is 0 Å². The molecule has 0 N–H and O–H groups in total. The SMILES string of the molecule is CCn1ccc(C(=O)N2CC3(CC(c4nnc(-c5ccccc5)o4)N(C)C3)C2)n1. The standard InChI is InChI=1S/C21H24N6O2/c1-3-27-10-9-16(24-27)20(28)26-13-21(14-26)11-17(25(2)12-21)19-23-22-18(29-19)15-7-5-4-6-8-15/h4-10,17H,3,11-14H2,1-2H3. The van der Waals surface area contributed by atoms with Crippen LogP contribution in [0.15, 0.2) is 47.0 Å². The lowest BCUT2D eigenvalue weighted by atomic mass is 9.77. The third-order valence-electron chi connectivity index (χ3n) is 6.01. The Kier molecular flexibility index (Phi) is 4.24. The Morgan fingerprint density at radius 1 is 1.17 bits per heavy atom. The van der Waals surface area contributed by atoms with Crippen molar-refractivity contribution < 1.29 is 9.21 Å². The number of aryl methyl sites for hydroxylation is 1. The summed E-state index contributed by atoms with van der Waals surface area (Å²) in [5.74, 6) is 1.21. The van der Waals surface area contributed by atoms with Gasteiger partial charge in [-0.25, -0.2) is 0 Å². The third kappa shape index (κ3) is 3.13. The van der Waals surface area contributed by atoms with Gasteiger partial charge in [-0.2, -0.15) is 5.10 Å². The summed E-state index contributed by atoms with van der Waals surface area (Å²) in [6, 6.07) is 11.7. The maximum atomic E-state index is 12.7. The van der Waals surface area contributed by atoms with Gasteiger partial charge in [-0.1, -0.05) is 18.2 Å². The lowest BCUT2D eigenvalue weighted by Crippen LogP contribution is -2.59. The molecule has 2 saturated heterocycles. The zero-order chi connectivity index (χ0) is 20.0. The molecule has 1 amide bonds. The summed E-state index contributed by atoms with van der Waals surface area (Å²) in [7, 11) is 2.08. The molecule has 2 aromatic heterocycles. The van der Waals surface area contributed by atoms with E-state index in [2.05, 4.69) is 27.2 Å². The van der Waals surface area contributed by atoms with E-state index in [4.69, 9.17) is 4.42 Å². The van der Waals surface area contributed by atoms with Crippen molar-refractivity contribution in [3.8, 4) is 11.5 Å². The van der Waals surface area contributed by atoms with Crippen LogP contribution < -0.4 is 0 Å². The van der Waals surface area contributed by atoms with Crippen molar-refractivity contribution in [2.24, 2.45) is 5.41 Å². The van der Waals surface area contributed by atoms with Crippen molar-refractivity contribution in [1.82, 2.24) is 29.8 Å². The average Bonchev–Trinajstić information content (AvgIpc) is 3.45. The molecule has 0 saturated carbocycles. The van der Waals surface area contributed by atoms with Crippen LogP contribution in [0.1, 0.15) is 35.8 Å². The molecule has 1 atom stereocenters. The number of benzene rings is 1. The molecule has 8 nitrogen and oxygen atoms in total. The molecule has 29 heavy (non-hydrogen) atoms. The van der Waals surface area contributed by atoms with Crippen LogP contribution in [0.4, 0.5) is 0 Å². The first-order valence-electron chi connectivity index (χ1n) is 9.99. The molecule has 8 heteroatoms. The van der Waals surface area contributed by atoms with Crippen LogP contribution >= 0.6 is 0 Å². The predicted molar refractivity (Wildman–Crippen MR) is 106 cm³/mol. The number of carbonyl (C=O) groups excluding carboxylic acids is 1. The highest BCUT2D eigenvalue weighted by atomic mass is 16.4. The molecular formula is C21H24N6O2. The summed E-state index contributed by atoms with van der Waals surface area (Å²) in [4.78, 5) is 16.8. The van der Waals surface area contributed by atoms with Gasteiger partial charge >= 0.3 is 0 Å². The molecule has 2 fully saturated rings. The van der Waals surface area contributed by atoms with Gasteiger partial charge in [0.25, 0.3) is 5.91 Å². The van der Waals surface area contributed by atoms with Gasteiger partial charge in [-0.3, -0.25) is 14.4 Å². The minimum absolute atomic E-state index is 0.0121. The Hall–Kier alpha value is -3.00. The number of rotatable bonds is 4. The number of hydrogen-bond acceptors (Lipinski definition) is 6. The van der Waals surface area contributed by atoms with E-state index >= 15 is 0 Å². The van der Waals surface area contributed by atoms with E-state index in [0.29, 0.717) is 17.5 Å². The molecule has 0 bridgehead atoms. The van der Waals surface area contributed by atoms with Gasteiger partial charge < -0.3 is 9.32 Å². The van der Waals surface area contributed by atoms with Gasteiger partial charge in [0.1, 0.15) is 5.69 Å². The first-order chi connectivity index (χ1) is 14.1. The molecule has 1 unspecified atom stereocenters. The van der Waals surface area contributed by atoms with Crippen molar-refractivity contribution in [3.05, 3.63) is 54.2 Å². The fourth-order valence-corrected chi connectivity index (χ4v) is 4.56. The quantitative estimate of drug-likeness (QED) is 0.679. The predicted octanol–water partition coefficient (Wildman–Crippen LogP) is 2.47. The second-order valence-electron chi connectivity index (χ2n) is 8.16. The zero-order valence-electron chi connectivity index (χ0n) is 16.7. The van der Waals surface area contributed by atoms with Gasteiger partial charge in [-0.05, 0) is 38.6 Å². The van der Waals surface area contributed by atoms with E-state index in [1.165, 1.54) is 0 Å². The first-order valence-corrected chi connectivity index (χ1v) is 9.99. The maximum Gasteiger partial charge on any atom is 0.274 e. The minimum Gasteiger partial charge on any atom is -0.419 e. The summed E-state index contributed by atoms with van der Waals surface area (Å²) in [5, 5.41) is 12.9. The number of carbonyl (C=O) groups is 1. The Labute approximate surface area is 169 Å². The third-order valence-corrected chi connectivity index (χ3v) is 6.01. The first kappa shape index (κ1) is 18.1. The van der Waals surface area contributed by atoms with Gasteiger partial charge in [0, 0.05) is 43.4 Å². The van der Waals surface area contributed by atoms with Gasteiger partial charge in [0.15, 0.2) is 0 Å². The fraction of sp³-hybridized carbons (Fsp3) is 0.429. The summed E-state index contributed by atoms with van der Waals surface area (Å²) < 4.78 is 7.77. The molecule has 4 heterocycles. The van der Waals surface area contributed by atoms with Crippen molar-refractivity contribution in [2.45, 2.75) is 25.9 Å². The van der Waals surface area contributed by atoms with Crippen LogP contribution in [0, 0.1) is 5.41 Å². The lowest BCUT2D eigenvalue weighted by Gasteiger charge is -2.47. The smallest absolute Gasteiger partial charge is 0.274 e. The number of likely N-dealkylation sites (tertiary alicyclic amines) is 2. The molecule has 3 aromatic rings. The number of amides is 1. The largest absolute Gasteiger partial charge is 0.419 e. The monoisotopic (exact) mass is 392 g/mol. The molecule has 150 valence electrons. The number of nitrogens with zero attached hydrogens (tertiary/aromatic N) is 6. The van der Waals surface area contributed by atoms with Gasteiger partial charge in [0.2, 0.25) is 11.8 Å². The Morgan fingerprint density at radius 2 is 1.97 bits per heavy atom. The van der Waals surface area contributed by atoms with E-state index in [-0.39, 0.29) is 17.4 Å². The Balaban J connectivity index is 1.26. The Bertz CT molecular complexity index is 1020. The minimum atomic E-state index is 0.0121. The molecule has 5 rings (SSSR count). The summed E-state index contributed by atoms with van der Waals surface area (Å²) in [6.07, 6.45) is 2.76. The molecule has 0 aliphatic carbocycles. The Morgan fingerprint density at radius 3 is 2.69 bits per heavy atom. The second-order valence-corrected chi connectivity index (χ2v) is 8.16. The van der Waals surface area contributed by atoms with Crippen molar-refractivity contribution in [1.29, 1.82) is 0 Å². The normalized spacial score (nSPS) is 20.9. The van der Waals surface area contributed by atoms with Crippen molar-refractivity contribution in [2.75, 3.05) is 26.7 Å². The number of hydrogen-bond donors (Lipinski definition) is 0. The van der Waals surface area contributed by atoms with E-state index in [1.807, 2.05) is 48.4 Å². The highest BCUT2D eigenvalue weighted by Gasteiger charge is 2.53. The van der Waals surface area contributed by atoms with E-state index in [1.54, 1.807) is 10.7 Å². The van der Waals surface area contributed by atoms with Crippen LogP contribution in [0.2, 0.25) is 0 Å². The molecule has 2 aliphatic heterocycles.